The lowest BCUT2D eigenvalue weighted by Crippen LogP contribution is -2.35. The zero-order valence-electron chi connectivity index (χ0n) is 10.5. The number of halogens is 3. The van der Waals surface area contributed by atoms with Crippen LogP contribution in [0.5, 0.6) is 0 Å². The van der Waals surface area contributed by atoms with Crippen molar-refractivity contribution in [1.82, 2.24) is 10.3 Å². The molecule has 1 aromatic rings. The third-order valence-corrected chi connectivity index (χ3v) is 4.07. The van der Waals surface area contributed by atoms with Crippen molar-refractivity contribution < 1.29 is 13.2 Å². The molecule has 6 heteroatoms. The zero-order chi connectivity index (χ0) is 13.5. The van der Waals surface area contributed by atoms with Crippen LogP contribution in [-0.2, 0) is 6.18 Å². The molecule has 1 aromatic heterocycles. The van der Waals surface area contributed by atoms with Crippen LogP contribution in [0.3, 0.4) is 0 Å². The van der Waals surface area contributed by atoms with Gasteiger partial charge in [0.2, 0.25) is 0 Å². The van der Waals surface area contributed by atoms with E-state index in [0.29, 0.717) is 24.9 Å². The fourth-order valence-electron chi connectivity index (χ4n) is 3.14. The van der Waals surface area contributed by atoms with Gasteiger partial charge in [0.1, 0.15) is 0 Å². The third-order valence-electron chi connectivity index (χ3n) is 4.07. The predicted molar refractivity (Wildman–Crippen MR) is 65.9 cm³/mol. The molecule has 0 radical (unpaired) electrons. The van der Waals surface area contributed by atoms with E-state index in [9.17, 15) is 13.2 Å². The molecular weight excluding hydrogens is 255 g/mol. The van der Waals surface area contributed by atoms with Crippen LogP contribution in [0.2, 0.25) is 0 Å². The van der Waals surface area contributed by atoms with E-state index < -0.39 is 11.9 Å². The van der Waals surface area contributed by atoms with Crippen LogP contribution < -0.4 is 10.2 Å². The Morgan fingerprint density at radius 3 is 2.79 bits per heavy atom. The van der Waals surface area contributed by atoms with E-state index in [1.807, 2.05) is 4.90 Å². The highest BCUT2D eigenvalue weighted by molar-refractivity contribution is 5.52. The fraction of sp³-hybridized carbons (Fsp3) is 0.615. The van der Waals surface area contributed by atoms with E-state index in [0.717, 1.165) is 19.5 Å². The summed E-state index contributed by atoms with van der Waals surface area (Å²) in [6.07, 6.45) is -2.14. The maximum atomic E-state index is 13.0. The monoisotopic (exact) mass is 271 g/mol. The zero-order valence-corrected chi connectivity index (χ0v) is 10.5. The van der Waals surface area contributed by atoms with E-state index in [2.05, 4.69) is 10.3 Å². The predicted octanol–water partition coefficient (Wildman–Crippen LogP) is 2.15. The van der Waals surface area contributed by atoms with Crippen LogP contribution >= 0.6 is 0 Å². The molecule has 2 atom stereocenters. The molecule has 19 heavy (non-hydrogen) atoms. The van der Waals surface area contributed by atoms with Crippen molar-refractivity contribution in [1.29, 1.82) is 0 Å². The van der Waals surface area contributed by atoms with Crippen LogP contribution in [0.4, 0.5) is 18.9 Å². The first kappa shape index (κ1) is 12.7. The molecule has 2 saturated heterocycles. The molecule has 0 aromatic carbocycles. The Kier molecular flexibility index (Phi) is 3.12. The second-order valence-corrected chi connectivity index (χ2v) is 5.29. The number of nitrogens with one attached hydrogen (secondary N) is 1. The highest BCUT2D eigenvalue weighted by Crippen LogP contribution is 2.38. The third kappa shape index (κ3) is 2.41. The maximum Gasteiger partial charge on any atom is 0.435 e. The first-order valence-corrected chi connectivity index (χ1v) is 6.53. The Morgan fingerprint density at radius 2 is 2.05 bits per heavy atom. The van der Waals surface area contributed by atoms with Gasteiger partial charge in [0.05, 0.1) is 5.69 Å². The summed E-state index contributed by atoms with van der Waals surface area (Å²) in [7, 11) is 0. The van der Waals surface area contributed by atoms with Crippen LogP contribution in [-0.4, -0.2) is 31.2 Å². The van der Waals surface area contributed by atoms with Gasteiger partial charge in [-0.3, -0.25) is 0 Å². The van der Waals surface area contributed by atoms with Gasteiger partial charge in [-0.1, -0.05) is 0 Å². The number of hydrogen-bond acceptors (Lipinski definition) is 3. The van der Waals surface area contributed by atoms with Crippen molar-refractivity contribution in [3.63, 3.8) is 0 Å². The van der Waals surface area contributed by atoms with Crippen LogP contribution in [0.15, 0.2) is 18.3 Å². The highest BCUT2D eigenvalue weighted by Gasteiger charge is 2.40. The molecule has 2 fully saturated rings. The summed E-state index contributed by atoms with van der Waals surface area (Å²) in [5.74, 6) is 0.956. The molecule has 0 saturated carbocycles. The molecule has 2 aliphatic heterocycles. The van der Waals surface area contributed by atoms with Crippen molar-refractivity contribution in [3.05, 3.63) is 24.0 Å². The Labute approximate surface area is 109 Å². The number of fused-ring (bicyclic) bond motifs is 1. The average molecular weight is 271 g/mol. The normalized spacial score (nSPS) is 27.4. The van der Waals surface area contributed by atoms with Crippen LogP contribution in [0.1, 0.15) is 12.1 Å². The van der Waals surface area contributed by atoms with Crippen molar-refractivity contribution in [2.75, 3.05) is 31.1 Å². The summed E-state index contributed by atoms with van der Waals surface area (Å²) in [5.41, 5.74) is -0.536. The number of anilines is 1. The largest absolute Gasteiger partial charge is 0.435 e. The molecule has 0 aliphatic carbocycles. The van der Waals surface area contributed by atoms with Gasteiger partial charge in [-0.05, 0) is 43.5 Å². The van der Waals surface area contributed by atoms with Gasteiger partial charge in [0, 0.05) is 19.3 Å². The molecular formula is C13H16F3N3. The molecule has 0 bridgehead atoms. The summed E-state index contributed by atoms with van der Waals surface area (Å²) in [6.45, 7) is 3.27. The van der Waals surface area contributed by atoms with E-state index in [1.54, 1.807) is 6.07 Å². The Bertz CT molecular complexity index is 447. The average Bonchev–Trinajstić information content (AvgIpc) is 2.81. The van der Waals surface area contributed by atoms with Crippen molar-refractivity contribution in [2.24, 2.45) is 11.8 Å². The summed E-state index contributed by atoms with van der Waals surface area (Å²) in [6, 6.07) is 3.10. The fourth-order valence-corrected chi connectivity index (χ4v) is 3.14. The first-order valence-electron chi connectivity index (χ1n) is 6.53. The van der Waals surface area contributed by atoms with E-state index in [1.165, 1.54) is 12.3 Å². The second-order valence-electron chi connectivity index (χ2n) is 5.29. The number of alkyl halides is 3. The number of hydrogen-bond donors (Lipinski definition) is 1. The molecule has 3 rings (SSSR count). The van der Waals surface area contributed by atoms with E-state index in [4.69, 9.17) is 0 Å². The van der Waals surface area contributed by atoms with Gasteiger partial charge in [-0.15, -0.1) is 0 Å². The SMILES string of the molecule is FC(F)(F)c1ncccc1N1C[C@H]2CCNC[C@H]2C1. The van der Waals surface area contributed by atoms with E-state index >= 15 is 0 Å². The first-order chi connectivity index (χ1) is 9.05. The lowest BCUT2D eigenvalue weighted by molar-refractivity contribution is -0.140. The number of rotatable bonds is 1. The Morgan fingerprint density at radius 1 is 1.26 bits per heavy atom. The molecule has 0 amide bonds. The second kappa shape index (κ2) is 4.67. The summed E-state index contributed by atoms with van der Waals surface area (Å²) >= 11 is 0. The van der Waals surface area contributed by atoms with E-state index in [-0.39, 0.29) is 5.69 Å². The molecule has 1 N–H and O–H groups in total. The molecule has 3 heterocycles. The molecule has 104 valence electrons. The number of pyridine rings is 1. The van der Waals surface area contributed by atoms with Gasteiger partial charge in [0.25, 0.3) is 0 Å². The topological polar surface area (TPSA) is 28.2 Å². The van der Waals surface area contributed by atoms with Crippen molar-refractivity contribution in [3.8, 4) is 0 Å². The van der Waals surface area contributed by atoms with Gasteiger partial charge in [-0.2, -0.15) is 13.2 Å². The lowest BCUT2D eigenvalue weighted by atomic mass is 9.90. The minimum absolute atomic E-state index is 0.226. The molecule has 3 nitrogen and oxygen atoms in total. The smallest absolute Gasteiger partial charge is 0.369 e. The lowest BCUT2D eigenvalue weighted by Gasteiger charge is -2.23. The minimum atomic E-state index is -4.39. The summed E-state index contributed by atoms with van der Waals surface area (Å²) < 4.78 is 38.9. The highest BCUT2D eigenvalue weighted by atomic mass is 19.4. The minimum Gasteiger partial charge on any atom is -0.369 e. The van der Waals surface area contributed by atoms with Gasteiger partial charge >= 0.3 is 6.18 Å². The summed E-state index contributed by atoms with van der Waals surface area (Å²) in [4.78, 5) is 5.37. The molecule has 0 spiro atoms. The number of nitrogens with zero attached hydrogens (tertiary/aromatic N) is 2. The van der Waals surface area contributed by atoms with Crippen molar-refractivity contribution >= 4 is 5.69 Å². The molecule has 2 aliphatic rings. The number of aromatic nitrogens is 1. The Balaban J connectivity index is 1.87. The molecule has 0 unspecified atom stereocenters. The Hall–Kier alpha value is -1.30. The van der Waals surface area contributed by atoms with Crippen LogP contribution in [0, 0.1) is 11.8 Å². The van der Waals surface area contributed by atoms with Crippen molar-refractivity contribution in [2.45, 2.75) is 12.6 Å². The van der Waals surface area contributed by atoms with Crippen LogP contribution in [0.25, 0.3) is 0 Å². The standard InChI is InChI=1S/C13H16F3N3/c14-13(15,16)12-11(2-1-4-18-12)19-7-9-3-5-17-6-10(9)8-19/h1-2,4,9-10,17H,3,5-8H2/t9-,10+/m1/s1. The maximum absolute atomic E-state index is 13.0. The van der Waals surface area contributed by atoms with Gasteiger partial charge in [-0.25, -0.2) is 4.98 Å². The van der Waals surface area contributed by atoms with Gasteiger partial charge < -0.3 is 10.2 Å². The quantitative estimate of drug-likeness (QED) is 0.848. The number of piperidine rings is 1. The van der Waals surface area contributed by atoms with Gasteiger partial charge in [0.15, 0.2) is 5.69 Å². The summed E-state index contributed by atoms with van der Waals surface area (Å²) in [5, 5.41) is 3.31.